The van der Waals surface area contributed by atoms with E-state index in [1.807, 2.05) is 6.07 Å². The normalized spacial score (nSPS) is 13.2. The van der Waals surface area contributed by atoms with E-state index in [0.717, 1.165) is 6.07 Å². The van der Waals surface area contributed by atoms with Crippen LogP contribution in [0.3, 0.4) is 0 Å². The molecule has 0 fully saturated rings. The van der Waals surface area contributed by atoms with E-state index in [2.05, 4.69) is 9.97 Å². The number of ether oxygens (including phenoxy) is 1. The minimum absolute atomic E-state index is 0.0222. The van der Waals surface area contributed by atoms with E-state index in [1.54, 1.807) is 27.0 Å². The minimum atomic E-state index is -4.74. The number of pyridine rings is 2. The van der Waals surface area contributed by atoms with Crippen molar-refractivity contribution in [3.05, 3.63) is 34.4 Å². The van der Waals surface area contributed by atoms with Crippen LogP contribution < -0.4 is 10.3 Å². The first kappa shape index (κ1) is 25.4. The second-order valence-electron chi connectivity index (χ2n) is 8.49. The topological polar surface area (TPSA) is 103 Å². The maximum absolute atomic E-state index is 13.6. The van der Waals surface area contributed by atoms with Crippen LogP contribution in [0.5, 0.6) is 5.75 Å². The Balaban J connectivity index is 2.34. The van der Waals surface area contributed by atoms with Crippen LogP contribution in [0.25, 0.3) is 22.6 Å². The number of alkyl halides is 3. The molecule has 0 bridgehead atoms. The fourth-order valence-corrected chi connectivity index (χ4v) is 4.94. The van der Waals surface area contributed by atoms with Gasteiger partial charge < -0.3 is 13.9 Å². The summed E-state index contributed by atoms with van der Waals surface area (Å²) in [5, 5.41) is 9.25. The van der Waals surface area contributed by atoms with Crippen molar-refractivity contribution in [3.8, 4) is 23.3 Å². The number of imidazole rings is 1. The zero-order chi connectivity index (χ0) is 25.6. The fraction of sp³-hybridized carbons (Fsp3) is 0.455. The van der Waals surface area contributed by atoms with E-state index in [0.29, 0.717) is 9.46 Å². The summed E-state index contributed by atoms with van der Waals surface area (Å²) >= 11 is 0. The molecular formula is C22H26F3N5O3S. The van der Waals surface area contributed by atoms with E-state index in [1.165, 1.54) is 30.8 Å². The highest BCUT2D eigenvalue weighted by Crippen LogP contribution is 2.35. The Bertz CT molecular complexity index is 1420. The van der Waals surface area contributed by atoms with Crippen LogP contribution in [0.2, 0.25) is 0 Å². The molecule has 0 aromatic carbocycles. The van der Waals surface area contributed by atoms with Crippen molar-refractivity contribution in [1.82, 2.24) is 19.1 Å². The number of nitrogens with zero attached hydrogens (tertiary/aromatic N) is 5. The minimum Gasteiger partial charge on any atom is -0.471 e. The van der Waals surface area contributed by atoms with E-state index in [-0.39, 0.29) is 40.6 Å². The number of halogens is 3. The van der Waals surface area contributed by atoms with Crippen molar-refractivity contribution in [1.29, 1.82) is 5.26 Å². The van der Waals surface area contributed by atoms with E-state index in [4.69, 9.17) is 4.74 Å². The molecule has 0 saturated heterocycles. The Morgan fingerprint density at radius 2 is 1.88 bits per heavy atom. The molecule has 0 aliphatic heterocycles. The van der Waals surface area contributed by atoms with Gasteiger partial charge in [-0.25, -0.2) is 9.97 Å². The molecule has 0 amide bonds. The number of hydrogen-bond donors (Lipinski definition) is 1. The first-order chi connectivity index (χ1) is 15.7. The highest BCUT2D eigenvalue weighted by Gasteiger charge is 2.36. The molecule has 184 valence electrons. The zero-order valence-corrected chi connectivity index (χ0v) is 20.6. The molecule has 34 heavy (non-hydrogen) atoms. The van der Waals surface area contributed by atoms with E-state index in [9.17, 15) is 27.4 Å². The van der Waals surface area contributed by atoms with Gasteiger partial charge in [-0.1, -0.05) is 16.9 Å². The molecule has 0 N–H and O–H groups in total. The molecule has 3 heterocycles. The summed E-state index contributed by atoms with van der Waals surface area (Å²) < 4.78 is 61.8. The average molecular weight is 498 g/mol. The van der Waals surface area contributed by atoms with Gasteiger partial charge in [-0.05, 0) is 39.2 Å². The van der Waals surface area contributed by atoms with Crippen LogP contribution in [0.15, 0.2) is 28.0 Å². The van der Waals surface area contributed by atoms with Crippen molar-refractivity contribution in [2.45, 2.75) is 50.9 Å². The predicted molar refractivity (Wildman–Crippen MR) is 123 cm³/mol. The lowest BCUT2D eigenvalue weighted by molar-refractivity contribution is -0.144. The SMILES string of the molecule is CCn1c(C(F)(F)F)cc2nc(-c3ncc(OC(C)(C)C#N)cc3[SH](C)(=O)CC)n(C)c2c1=O. The Hall–Kier alpha value is -3.20. The van der Waals surface area contributed by atoms with Gasteiger partial charge in [0.2, 0.25) is 0 Å². The van der Waals surface area contributed by atoms with Crippen molar-refractivity contribution in [2.75, 3.05) is 12.0 Å². The lowest BCUT2D eigenvalue weighted by Crippen LogP contribution is -2.28. The van der Waals surface area contributed by atoms with Gasteiger partial charge in [0.25, 0.3) is 5.56 Å². The second-order valence-corrected chi connectivity index (χ2v) is 11.8. The van der Waals surface area contributed by atoms with Crippen LogP contribution >= 0.6 is 0 Å². The standard InChI is InChI=1S/C22H26F3N5O3S/c1-7-30-16(22(23,24)25)10-14-18(20(30)31)29(5)19(28-14)17-15(34(6,32)8-2)9-13(11-27-17)33-21(3,4)12-26/h9-11,34H,7-8H2,1-6H3. The zero-order valence-electron chi connectivity index (χ0n) is 19.7. The summed E-state index contributed by atoms with van der Waals surface area (Å²) in [4.78, 5) is 21.9. The lowest BCUT2D eigenvalue weighted by Gasteiger charge is -2.23. The second kappa shape index (κ2) is 8.54. The first-order valence-electron chi connectivity index (χ1n) is 10.5. The molecule has 0 aliphatic rings. The number of aromatic nitrogens is 4. The maximum Gasteiger partial charge on any atom is 0.431 e. The quantitative estimate of drug-likeness (QED) is 0.523. The number of fused-ring (bicyclic) bond motifs is 1. The van der Waals surface area contributed by atoms with E-state index >= 15 is 0 Å². The monoisotopic (exact) mass is 497 g/mol. The van der Waals surface area contributed by atoms with Gasteiger partial charge in [-0.3, -0.25) is 9.00 Å². The van der Waals surface area contributed by atoms with Crippen molar-refractivity contribution >= 4 is 21.0 Å². The molecule has 0 spiro atoms. The Morgan fingerprint density at radius 1 is 1.24 bits per heavy atom. The molecule has 0 saturated carbocycles. The number of thiol groups is 1. The third-order valence-corrected chi connectivity index (χ3v) is 8.12. The predicted octanol–water partition coefficient (Wildman–Crippen LogP) is 3.54. The first-order valence-corrected chi connectivity index (χ1v) is 12.9. The van der Waals surface area contributed by atoms with Crippen molar-refractivity contribution < 1.29 is 22.1 Å². The third-order valence-electron chi connectivity index (χ3n) is 5.55. The summed E-state index contributed by atoms with van der Waals surface area (Å²) in [7, 11) is -1.50. The van der Waals surface area contributed by atoms with Crippen LogP contribution in [0.4, 0.5) is 13.2 Å². The summed E-state index contributed by atoms with van der Waals surface area (Å²) in [6.45, 7) is 6.15. The molecule has 3 rings (SSSR count). The van der Waals surface area contributed by atoms with Gasteiger partial charge in [-0.15, -0.1) is 0 Å². The Morgan fingerprint density at radius 3 is 2.41 bits per heavy atom. The molecule has 8 nitrogen and oxygen atoms in total. The third kappa shape index (κ3) is 4.44. The van der Waals surface area contributed by atoms with Crippen molar-refractivity contribution in [3.63, 3.8) is 0 Å². The molecule has 12 heteroatoms. The maximum atomic E-state index is 13.6. The summed E-state index contributed by atoms with van der Waals surface area (Å²) in [5.41, 5.74) is -3.08. The smallest absolute Gasteiger partial charge is 0.431 e. The van der Waals surface area contributed by atoms with Crippen LogP contribution in [0.1, 0.15) is 33.4 Å². The summed E-state index contributed by atoms with van der Waals surface area (Å²) in [5.74, 6) is 0.593. The number of hydrogen-bond acceptors (Lipinski definition) is 6. The molecular weight excluding hydrogens is 471 g/mol. The Labute approximate surface area is 195 Å². The van der Waals surface area contributed by atoms with E-state index < -0.39 is 33.0 Å². The van der Waals surface area contributed by atoms with Gasteiger partial charge in [0.1, 0.15) is 28.7 Å². The largest absolute Gasteiger partial charge is 0.471 e. The van der Waals surface area contributed by atoms with Gasteiger partial charge in [0.05, 0.1) is 11.7 Å². The molecule has 0 radical (unpaired) electrons. The van der Waals surface area contributed by atoms with Gasteiger partial charge in [0, 0.05) is 24.2 Å². The molecule has 0 aliphatic carbocycles. The molecule has 0 unspecified atom stereocenters. The van der Waals surface area contributed by atoms with Crippen LogP contribution in [0, 0.1) is 11.3 Å². The number of aryl methyl sites for hydroxylation is 1. The highest BCUT2D eigenvalue weighted by molar-refractivity contribution is 8.02. The molecule has 3 aromatic rings. The summed E-state index contributed by atoms with van der Waals surface area (Å²) in [6.07, 6.45) is -1.85. The fourth-order valence-electron chi connectivity index (χ4n) is 3.59. The highest BCUT2D eigenvalue weighted by atomic mass is 32.2. The lowest BCUT2D eigenvalue weighted by atomic mass is 10.2. The molecule has 0 atom stereocenters. The van der Waals surface area contributed by atoms with Gasteiger partial charge >= 0.3 is 6.18 Å². The molecule has 3 aromatic heterocycles. The van der Waals surface area contributed by atoms with Gasteiger partial charge in [-0.2, -0.15) is 18.4 Å². The Kier molecular flexibility index (Phi) is 6.39. The summed E-state index contributed by atoms with van der Waals surface area (Å²) in [6, 6.07) is 4.35. The van der Waals surface area contributed by atoms with Gasteiger partial charge in [0.15, 0.2) is 11.4 Å². The average Bonchev–Trinajstić information content (AvgIpc) is 3.09. The van der Waals surface area contributed by atoms with Crippen molar-refractivity contribution in [2.24, 2.45) is 7.05 Å². The van der Waals surface area contributed by atoms with Crippen LogP contribution in [-0.2, 0) is 29.7 Å². The number of nitriles is 1. The van der Waals surface area contributed by atoms with Crippen LogP contribution in [-0.4, -0.2) is 40.9 Å². The number of rotatable bonds is 6.